The van der Waals surface area contributed by atoms with Crippen molar-refractivity contribution in [2.24, 2.45) is 5.41 Å². The van der Waals surface area contributed by atoms with Crippen molar-refractivity contribution in [2.45, 2.75) is 50.9 Å². The van der Waals surface area contributed by atoms with E-state index in [1.54, 1.807) is 0 Å². The van der Waals surface area contributed by atoms with E-state index in [0.29, 0.717) is 0 Å². The van der Waals surface area contributed by atoms with Crippen LogP contribution in [0.25, 0.3) is 11.2 Å². The number of rotatable bonds is 21. The Bertz CT molecular complexity index is 2170. The monoisotopic (exact) mass is 910 g/mol. The molecule has 59 heavy (non-hydrogen) atoms. The summed E-state index contributed by atoms with van der Waals surface area (Å²) in [6.07, 6.45) is -7.81. The van der Waals surface area contributed by atoms with Gasteiger partial charge in [0, 0.05) is 36.2 Å². The number of aliphatic hydroxyl groups excluding tert-OH is 2. The molecular formula is C29H35N7O19P3S-5. The summed E-state index contributed by atoms with van der Waals surface area (Å²) in [5, 5.41) is 36.6. The van der Waals surface area contributed by atoms with Gasteiger partial charge in [-0.05, 0) is 11.6 Å². The molecule has 30 heteroatoms. The first-order valence-corrected chi connectivity index (χ1v) is 22.1. The summed E-state index contributed by atoms with van der Waals surface area (Å²) in [6, 6.07) is 5.22. The molecule has 1 aliphatic rings. The van der Waals surface area contributed by atoms with Crippen molar-refractivity contribution in [3.05, 3.63) is 48.0 Å². The van der Waals surface area contributed by atoms with Gasteiger partial charge in [-0.3, -0.25) is 28.1 Å². The Morgan fingerprint density at radius 2 is 1.71 bits per heavy atom. The lowest BCUT2D eigenvalue weighted by molar-refractivity contribution is -0.347. The molecule has 2 aromatic heterocycles. The van der Waals surface area contributed by atoms with Crippen LogP contribution < -0.4 is 41.0 Å². The number of phosphoric ester groups is 3. The van der Waals surface area contributed by atoms with Gasteiger partial charge in [0.25, 0.3) is 15.6 Å². The summed E-state index contributed by atoms with van der Waals surface area (Å²) in [4.78, 5) is 107. The van der Waals surface area contributed by atoms with Gasteiger partial charge in [-0.15, -0.1) is 0 Å². The molecule has 4 rings (SSSR count). The molecule has 0 radical (unpaired) electrons. The fourth-order valence-electron chi connectivity index (χ4n) is 5.11. The number of thioether (sulfide) groups is 1. The van der Waals surface area contributed by atoms with E-state index in [2.05, 4.69) is 43.5 Å². The Morgan fingerprint density at radius 3 is 2.39 bits per heavy atom. The van der Waals surface area contributed by atoms with Crippen LogP contribution in [0.4, 0.5) is 5.82 Å². The molecule has 2 unspecified atom stereocenters. The predicted octanol–water partition coefficient (Wildman–Crippen LogP) is -4.19. The average molecular weight is 911 g/mol. The molecule has 0 spiro atoms. The van der Waals surface area contributed by atoms with Crippen LogP contribution in [0.2, 0.25) is 0 Å². The van der Waals surface area contributed by atoms with E-state index < -0.39 is 95.6 Å². The van der Waals surface area contributed by atoms with E-state index in [0.717, 1.165) is 35.0 Å². The number of imidazole rings is 1. The number of nitrogens with one attached hydrogen (secondary N) is 2. The first-order valence-electron chi connectivity index (χ1n) is 16.7. The van der Waals surface area contributed by atoms with Crippen molar-refractivity contribution < 1.29 is 90.4 Å². The molecule has 3 heterocycles. The molecule has 2 amide bonds. The summed E-state index contributed by atoms with van der Waals surface area (Å²) >= 11 is 0.819. The molecule has 0 aliphatic carbocycles. The number of aromatic carboxylic acids is 1. The molecule has 0 saturated carbocycles. The number of nitrogens with zero attached hydrogens (tertiary/aromatic N) is 4. The Kier molecular flexibility index (Phi) is 16.0. The zero-order valence-electron chi connectivity index (χ0n) is 30.5. The lowest BCUT2D eigenvalue weighted by atomic mass is 9.87. The highest BCUT2D eigenvalue weighted by atomic mass is 32.2. The standard InChI is InChI=1S/C29H40N7O19P3S/c1-29(2,22(39)25(40)32-7-6-18(37)31-8-9-59-28(43)16-5-3-4-15(10-16)27(41)42)12-52-58(49,50)55-57(47,48)51-11-17-21(54-56(44,45)46)20(38)26(53-17)36-14-35-19-23(30)33-13-34-24(19)36/h3-5,10,13-14,17,20-22,26,38-39H,6-9,11-12H2,1-2H3,(H,31,37)(H,32,40)(H,41,42)(H,47,48)(H,49,50)(H2,30,33,34)(H2,44,45,46)/p-5/t17-,20-,21-,22+,26-/m1/s1. The van der Waals surface area contributed by atoms with Crippen LogP contribution >= 0.6 is 35.2 Å². The zero-order chi connectivity index (χ0) is 43.9. The number of phosphoric acid groups is 3. The van der Waals surface area contributed by atoms with Gasteiger partial charge in [0.05, 0.1) is 33.3 Å². The molecule has 1 aliphatic heterocycles. The Balaban J connectivity index is 1.22. The minimum atomic E-state index is -5.94. The fraction of sp³-hybridized carbons (Fsp3) is 0.483. The minimum Gasteiger partial charge on any atom is -0.790 e. The third-order valence-corrected chi connectivity index (χ3v) is 12.0. The topological polar surface area (TPSA) is 415 Å². The number of carboxylic acid groups (broad SMARTS) is 1. The van der Waals surface area contributed by atoms with E-state index in [1.807, 2.05) is 0 Å². The van der Waals surface area contributed by atoms with Gasteiger partial charge in [-0.25, -0.2) is 19.3 Å². The summed E-state index contributed by atoms with van der Waals surface area (Å²) < 4.78 is 60.4. The van der Waals surface area contributed by atoms with Crippen molar-refractivity contribution in [1.29, 1.82) is 0 Å². The van der Waals surface area contributed by atoms with Gasteiger partial charge in [0.1, 0.15) is 36.3 Å². The average Bonchev–Trinajstić information content (AvgIpc) is 3.71. The molecule has 3 aromatic rings. The highest BCUT2D eigenvalue weighted by molar-refractivity contribution is 8.14. The van der Waals surface area contributed by atoms with E-state index in [1.165, 1.54) is 32.0 Å². The van der Waals surface area contributed by atoms with Crippen LogP contribution in [0.1, 0.15) is 47.2 Å². The minimum absolute atomic E-state index is 0.0303. The Labute approximate surface area is 337 Å². The van der Waals surface area contributed by atoms with Crippen LogP contribution in [0, 0.1) is 5.41 Å². The van der Waals surface area contributed by atoms with Crippen LogP contribution in [-0.4, -0.2) is 109 Å². The molecule has 1 aromatic carbocycles. The predicted molar refractivity (Wildman–Crippen MR) is 188 cm³/mol. The number of fused-ring (bicyclic) bond motifs is 1. The second-order valence-electron chi connectivity index (χ2n) is 13.0. The van der Waals surface area contributed by atoms with E-state index in [-0.39, 0.29) is 53.4 Å². The molecule has 0 bridgehead atoms. The second-order valence-corrected chi connectivity index (χ2v) is 18.1. The van der Waals surface area contributed by atoms with Crippen molar-refractivity contribution in [1.82, 2.24) is 30.2 Å². The smallest absolute Gasteiger partial charge is 0.274 e. The van der Waals surface area contributed by atoms with Crippen molar-refractivity contribution >= 4 is 75.1 Å². The lowest BCUT2D eigenvalue weighted by Crippen LogP contribution is -2.46. The number of carbonyl (C=O) groups excluding carboxylic acids is 4. The number of aliphatic hydroxyl groups is 2. The van der Waals surface area contributed by atoms with Crippen LogP contribution in [-0.2, 0) is 45.9 Å². The van der Waals surface area contributed by atoms with Gasteiger partial charge in [0.15, 0.2) is 17.7 Å². The fourth-order valence-corrected chi connectivity index (χ4v) is 8.53. The lowest BCUT2D eigenvalue weighted by Gasteiger charge is -2.36. The molecule has 326 valence electrons. The number of hydrogen-bond acceptors (Lipinski definition) is 24. The molecule has 1 saturated heterocycles. The van der Waals surface area contributed by atoms with Crippen molar-refractivity contribution in [2.75, 3.05) is 37.8 Å². The summed E-state index contributed by atoms with van der Waals surface area (Å²) in [6.45, 7) is -0.255. The maximum Gasteiger partial charge on any atom is 0.274 e. The Hall–Kier alpha value is -3.75. The summed E-state index contributed by atoms with van der Waals surface area (Å²) in [5.41, 5.74) is 3.94. The number of nitrogens with two attached hydrogens (primary N) is 1. The number of benzene rings is 1. The van der Waals surface area contributed by atoms with Crippen LogP contribution in [0.3, 0.4) is 0 Å². The molecule has 6 N–H and O–H groups in total. The van der Waals surface area contributed by atoms with Gasteiger partial charge < -0.3 is 78.9 Å². The molecule has 1 fully saturated rings. The third-order valence-electron chi connectivity index (χ3n) is 8.04. The summed E-state index contributed by atoms with van der Waals surface area (Å²) in [7, 11) is -17.7. The first-order chi connectivity index (χ1) is 27.4. The van der Waals surface area contributed by atoms with Crippen LogP contribution in [0.5, 0.6) is 0 Å². The zero-order valence-corrected chi connectivity index (χ0v) is 34.0. The maximum absolute atomic E-state index is 12.5. The number of amides is 2. The molecular weight excluding hydrogens is 875 g/mol. The Morgan fingerprint density at radius 1 is 1.03 bits per heavy atom. The van der Waals surface area contributed by atoms with E-state index in [9.17, 15) is 67.8 Å². The quantitative estimate of drug-likeness (QED) is 0.0500. The molecule has 7 atom stereocenters. The van der Waals surface area contributed by atoms with Gasteiger partial charge in [-0.1, -0.05) is 43.8 Å². The summed E-state index contributed by atoms with van der Waals surface area (Å²) in [5.74, 6) is -3.03. The number of carbonyl (C=O) groups is 4. The number of aromatic nitrogens is 4. The van der Waals surface area contributed by atoms with Crippen LogP contribution in [0.15, 0.2) is 36.9 Å². The third kappa shape index (κ3) is 13.6. The van der Waals surface area contributed by atoms with Crippen molar-refractivity contribution in [3.8, 4) is 0 Å². The number of ether oxygens (including phenoxy) is 1. The number of hydrogen-bond donors (Lipinski definition) is 5. The highest BCUT2D eigenvalue weighted by Crippen LogP contribution is 2.56. The maximum atomic E-state index is 12.5. The first kappa shape index (κ1) is 47.9. The number of carboxylic acids is 1. The van der Waals surface area contributed by atoms with Gasteiger partial charge in [0.2, 0.25) is 16.9 Å². The second kappa shape index (κ2) is 19.8. The number of anilines is 1. The SMILES string of the molecule is CC(C)(COP(=O)([O-])OP(=O)([O-])OC[C@H]1O[C@@H](n2cnc3c(N)ncnc32)[C@H](O)[C@@H]1OP(=O)([O-])[O-])[C@@H](O)C(=O)NCCC(=O)NCCSC(=O)c1cccc(C(=O)[O-])c1. The van der Waals surface area contributed by atoms with Gasteiger partial charge in [-0.2, -0.15) is 0 Å². The molecule has 26 nitrogen and oxygen atoms in total. The normalized spacial score (nSPS) is 21.0. The number of nitrogen functional groups attached to an aromatic ring is 1. The van der Waals surface area contributed by atoms with Crippen molar-refractivity contribution in [3.63, 3.8) is 0 Å². The van der Waals surface area contributed by atoms with E-state index >= 15 is 0 Å². The van der Waals surface area contributed by atoms with Gasteiger partial charge >= 0.3 is 0 Å². The van der Waals surface area contributed by atoms with E-state index in [4.69, 9.17) is 10.5 Å². The highest BCUT2D eigenvalue weighted by Gasteiger charge is 2.47. The largest absolute Gasteiger partial charge is 0.790 e.